The van der Waals surface area contributed by atoms with Gasteiger partial charge >= 0.3 is 0 Å². The summed E-state index contributed by atoms with van der Waals surface area (Å²) in [5.74, 6) is -1.16. The highest BCUT2D eigenvalue weighted by Crippen LogP contribution is 2.14. The van der Waals surface area contributed by atoms with Crippen LogP contribution in [0.3, 0.4) is 0 Å². The standard InChI is InChI=1S/C3H2Cl2F2/c4-3(5)2(7)1-6/h1,3H/b2-1-. The van der Waals surface area contributed by atoms with Crippen LogP contribution >= 0.6 is 23.2 Å². The fraction of sp³-hybridized carbons (Fsp3) is 0.333. The van der Waals surface area contributed by atoms with Crippen LogP contribution < -0.4 is 0 Å². The van der Waals surface area contributed by atoms with Crippen molar-refractivity contribution < 1.29 is 8.78 Å². The zero-order chi connectivity index (χ0) is 5.86. The van der Waals surface area contributed by atoms with E-state index in [4.69, 9.17) is 23.2 Å². The van der Waals surface area contributed by atoms with Crippen molar-refractivity contribution in [2.45, 2.75) is 4.84 Å². The predicted molar refractivity (Wildman–Crippen MR) is 25.8 cm³/mol. The Balaban J connectivity index is 3.56. The van der Waals surface area contributed by atoms with Crippen LogP contribution in [0.2, 0.25) is 0 Å². The van der Waals surface area contributed by atoms with E-state index in [-0.39, 0.29) is 6.33 Å². The molecule has 4 heteroatoms. The van der Waals surface area contributed by atoms with Crippen molar-refractivity contribution in [3.8, 4) is 0 Å². The second-order valence-electron chi connectivity index (χ2n) is 0.795. The molecule has 7 heavy (non-hydrogen) atoms. The maximum Gasteiger partial charge on any atom is 0.161 e. The molecule has 0 heterocycles. The van der Waals surface area contributed by atoms with Crippen molar-refractivity contribution in [2.75, 3.05) is 0 Å². The molecule has 0 nitrogen and oxygen atoms in total. The van der Waals surface area contributed by atoms with Gasteiger partial charge in [0.05, 0.1) is 0 Å². The highest BCUT2D eigenvalue weighted by Gasteiger charge is 2.03. The van der Waals surface area contributed by atoms with Crippen molar-refractivity contribution in [1.29, 1.82) is 0 Å². The third-order valence-electron chi connectivity index (χ3n) is 0.313. The number of rotatable bonds is 1. The van der Waals surface area contributed by atoms with E-state index < -0.39 is 10.7 Å². The maximum atomic E-state index is 11.5. The van der Waals surface area contributed by atoms with Crippen LogP contribution in [-0.4, -0.2) is 4.84 Å². The third kappa shape index (κ3) is 2.83. The van der Waals surface area contributed by atoms with Gasteiger partial charge in [0, 0.05) is 0 Å². The van der Waals surface area contributed by atoms with E-state index in [0.717, 1.165) is 0 Å². The Morgan fingerprint density at radius 3 is 2.00 bits per heavy atom. The van der Waals surface area contributed by atoms with Gasteiger partial charge < -0.3 is 0 Å². The summed E-state index contributed by atoms with van der Waals surface area (Å²) in [6.07, 6.45) is -0.273. The summed E-state index contributed by atoms with van der Waals surface area (Å²) in [5.41, 5.74) is 0. The minimum Gasteiger partial charge on any atom is -0.213 e. The van der Waals surface area contributed by atoms with Gasteiger partial charge in [-0.2, -0.15) is 0 Å². The summed E-state index contributed by atoms with van der Waals surface area (Å²) >= 11 is 9.62. The Hall–Kier alpha value is 0.180. The molecule has 0 radical (unpaired) electrons. The van der Waals surface area contributed by atoms with E-state index in [1.807, 2.05) is 0 Å². The second-order valence-corrected chi connectivity index (χ2v) is 1.89. The third-order valence-corrected chi connectivity index (χ3v) is 0.730. The minimum absolute atomic E-state index is 0.273. The fourth-order valence-corrected chi connectivity index (χ4v) is 0.143. The summed E-state index contributed by atoms with van der Waals surface area (Å²) in [4.78, 5) is -1.37. The van der Waals surface area contributed by atoms with Crippen LogP contribution in [0.5, 0.6) is 0 Å². The van der Waals surface area contributed by atoms with E-state index in [0.29, 0.717) is 0 Å². The molecule has 0 spiro atoms. The van der Waals surface area contributed by atoms with Gasteiger partial charge in [0.2, 0.25) is 0 Å². The fourth-order valence-electron chi connectivity index (χ4n) is 0.0476. The summed E-state index contributed by atoms with van der Waals surface area (Å²) in [6, 6.07) is 0. The number of halogens is 4. The van der Waals surface area contributed by atoms with Crippen LogP contribution in [0, 0.1) is 0 Å². The molecule has 0 saturated carbocycles. The first kappa shape index (κ1) is 7.18. The van der Waals surface area contributed by atoms with Crippen LogP contribution in [0.15, 0.2) is 12.2 Å². The molecule has 0 aromatic carbocycles. The zero-order valence-corrected chi connectivity index (χ0v) is 4.68. The molecule has 0 aliphatic rings. The molecule has 0 aliphatic carbocycles. The first-order valence-electron chi connectivity index (χ1n) is 1.42. The Bertz CT molecular complexity index is 79.0. The summed E-state index contributed by atoms with van der Waals surface area (Å²) < 4.78 is 22.4. The largest absolute Gasteiger partial charge is 0.213 e. The van der Waals surface area contributed by atoms with Crippen molar-refractivity contribution in [3.05, 3.63) is 12.2 Å². The normalized spacial score (nSPS) is 13.0. The molecule has 0 aromatic heterocycles. The molecule has 0 fully saturated rings. The number of hydrogen-bond acceptors (Lipinski definition) is 0. The van der Waals surface area contributed by atoms with E-state index >= 15 is 0 Å². The Kier molecular flexibility index (Phi) is 3.30. The average Bonchev–Trinajstić information content (AvgIpc) is 1.65. The maximum absolute atomic E-state index is 11.5. The molecule has 0 amide bonds. The van der Waals surface area contributed by atoms with Crippen LogP contribution in [0.1, 0.15) is 0 Å². The zero-order valence-electron chi connectivity index (χ0n) is 3.17. The van der Waals surface area contributed by atoms with Crippen molar-refractivity contribution in [2.24, 2.45) is 0 Å². The summed E-state index contributed by atoms with van der Waals surface area (Å²) in [5, 5.41) is 0. The molecule has 0 aromatic rings. The van der Waals surface area contributed by atoms with Crippen LogP contribution in [-0.2, 0) is 0 Å². The van der Waals surface area contributed by atoms with Gasteiger partial charge in [-0.3, -0.25) is 0 Å². The van der Waals surface area contributed by atoms with Gasteiger partial charge in [-0.25, -0.2) is 8.78 Å². The molecule has 0 bridgehead atoms. The molecule has 0 rings (SSSR count). The number of allylic oxidation sites excluding steroid dienone is 1. The lowest BCUT2D eigenvalue weighted by molar-refractivity contribution is 0.579. The average molecular weight is 147 g/mol. The molecule has 0 atom stereocenters. The van der Waals surface area contributed by atoms with Crippen LogP contribution in [0.4, 0.5) is 8.78 Å². The summed E-state index contributed by atoms with van der Waals surface area (Å²) in [6.45, 7) is 0. The Labute approximate surface area is 49.7 Å². The van der Waals surface area contributed by atoms with Crippen LogP contribution in [0.25, 0.3) is 0 Å². The second kappa shape index (κ2) is 3.22. The van der Waals surface area contributed by atoms with Gasteiger partial charge in [-0.15, -0.1) is 0 Å². The molecule has 42 valence electrons. The quantitative estimate of drug-likeness (QED) is 0.500. The SMILES string of the molecule is F/C=C(\F)C(Cl)Cl. The lowest BCUT2D eigenvalue weighted by Crippen LogP contribution is -1.83. The van der Waals surface area contributed by atoms with Gasteiger partial charge in [-0.05, 0) is 0 Å². The van der Waals surface area contributed by atoms with Gasteiger partial charge in [0.15, 0.2) is 10.7 Å². The van der Waals surface area contributed by atoms with Gasteiger partial charge in [-0.1, -0.05) is 23.2 Å². The first-order chi connectivity index (χ1) is 3.18. The predicted octanol–water partition coefficient (Wildman–Crippen LogP) is 2.57. The van der Waals surface area contributed by atoms with Gasteiger partial charge in [0.25, 0.3) is 0 Å². The Morgan fingerprint density at radius 2 is 2.00 bits per heavy atom. The summed E-state index contributed by atoms with van der Waals surface area (Å²) in [7, 11) is 0. The van der Waals surface area contributed by atoms with E-state index in [9.17, 15) is 8.78 Å². The van der Waals surface area contributed by atoms with Gasteiger partial charge in [0.1, 0.15) is 6.33 Å². The highest BCUT2D eigenvalue weighted by atomic mass is 35.5. The minimum atomic E-state index is -1.37. The number of alkyl halides is 2. The monoisotopic (exact) mass is 146 g/mol. The first-order valence-corrected chi connectivity index (χ1v) is 2.29. The van der Waals surface area contributed by atoms with E-state index in [2.05, 4.69) is 0 Å². The topological polar surface area (TPSA) is 0 Å². The van der Waals surface area contributed by atoms with E-state index in [1.54, 1.807) is 0 Å². The molecular weight excluding hydrogens is 145 g/mol. The van der Waals surface area contributed by atoms with Crippen molar-refractivity contribution in [3.63, 3.8) is 0 Å². The molecule has 0 N–H and O–H groups in total. The molecule has 0 aliphatic heterocycles. The Morgan fingerprint density at radius 1 is 1.57 bits per heavy atom. The van der Waals surface area contributed by atoms with Crippen molar-refractivity contribution >= 4 is 23.2 Å². The van der Waals surface area contributed by atoms with E-state index in [1.165, 1.54) is 0 Å². The molecule has 0 unspecified atom stereocenters. The van der Waals surface area contributed by atoms with Crippen molar-refractivity contribution in [1.82, 2.24) is 0 Å². The molecule has 0 saturated heterocycles. The highest BCUT2D eigenvalue weighted by molar-refractivity contribution is 6.45. The lowest BCUT2D eigenvalue weighted by atomic mass is 10.7. The lowest BCUT2D eigenvalue weighted by Gasteiger charge is -1.88. The molecular formula is C3H2Cl2F2. The number of hydrogen-bond donors (Lipinski definition) is 0. The smallest absolute Gasteiger partial charge is 0.161 e.